The Bertz CT molecular complexity index is 1180. The number of amides is 3. The van der Waals surface area contributed by atoms with Crippen molar-refractivity contribution in [2.24, 2.45) is 5.92 Å². The Labute approximate surface area is 237 Å². The van der Waals surface area contributed by atoms with Crippen LogP contribution in [0, 0.1) is 26.7 Å². The number of carbonyl (C=O) groups excluding carboxylic acids is 3. The summed E-state index contributed by atoms with van der Waals surface area (Å²) < 4.78 is 5.43. The molecule has 2 rings (SSSR count). The van der Waals surface area contributed by atoms with Crippen molar-refractivity contribution in [1.82, 2.24) is 10.2 Å². The second-order valence-electron chi connectivity index (χ2n) is 11.3. The molecular weight excluding hydrogens is 514 g/mol. The van der Waals surface area contributed by atoms with Crippen LogP contribution in [0.15, 0.2) is 49.1 Å². The number of nitrogens with one attached hydrogen (secondary N) is 2. The van der Waals surface area contributed by atoms with Crippen molar-refractivity contribution < 1.29 is 19.1 Å². The maximum absolute atomic E-state index is 14.2. The van der Waals surface area contributed by atoms with Gasteiger partial charge in [0.2, 0.25) is 5.91 Å². The topological polar surface area (TPSA) is 87.7 Å². The number of hydrogen-bond acceptors (Lipinski definition) is 4. The molecule has 0 aliphatic carbocycles. The van der Waals surface area contributed by atoms with E-state index >= 15 is 0 Å². The lowest BCUT2D eigenvalue weighted by atomic mass is 9.95. The van der Waals surface area contributed by atoms with Crippen LogP contribution >= 0.6 is 11.6 Å². The maximum atomic E-state index is 14.2. The highest BCUT2D eigenvalue weighted by Crippen LogP contribution is 2.31. The number of alkyl carbamates (subject to hydrolysis) is 1. The lowest BCUT2D eigenvalue weighted by Crippen LogP contribution is -2.53. The SMILES string of the molecule is C=CCN(C(=O)C(CC(C)C)NC(=O)OC(C)(C)C)C(C(=O)Nc1c(C)cccc1Cl)c1ccc(C)cc1C. The van der Waals surface area contributed by atoms with Crippen molar-refractivity contribution in [3.63, 3.8) is 0 Å². The van der Waals surface area contributed by atoms with Gasteiger partial charge in [-0.1, -0.05) is 67.4 Å². The fourth-order valence-electron chi connectivity index (χ4n) is 4.37. The molecule has 0 heterocycles. The van der Waals surface area contributed by atoms with E-state index < -0.39 is 35.6 Å². The molecule has 0 aromatic heterocycles. The number of benzene rings is 2. The van der Waals surface area contributed by atoms with Crippen LogP contribution in [0.3, 0.4) is 0 Å². The second kappa shape index (κ2) is 13.7. The molecule has 0 saturated heterocycles. The highest BCUT2D eigenvalue weighted by Gasteiger charge is 2.37. The van der Waals surface area contributed by atoms with Gasteiger partial charge in [-0.15, -0.1) is 6.58 Å². The van der Waals surface area contributed by atoms with Gasteiger partial charge in [0, 0.05) is 6.54 Å². The third kappa shape index (κ3) is 9.13. The van der Waals surface area contributed by atoms with E-state index in [1.54, 1.807) is 39.0 Å². The first kappa shape index (κ1) is 31.9. The lowest BCUT2D eigenvalue weighted by molar-refractivity contribution is -0.140. The van der Waals surface area contributed by atoms with Crippen LogP contribution in [0.4, 0.5) is 10.5 Å². The first-order chi connectivity index (χ1) is 18.1. The van der Waals surface area contributed by atoms with Crippen molar-refractivity contribution in [3.8, 4) is 0 Å². The molecule has 2 aromatic carbocycles. The monoisotopic (exact) mass is 555 g/mol. The molecule has 2 aromatic rings. The summed E-state index contributed by atoms with van der Waals surface area (Å²) in [6.45, 7) is 18.8. The van der Waals surface area contributed by atoms with E-state index in [2.05, 4.69) is 17.2 Å². The zero-order valence-corrected chi connectivity index (χ0v) is 25.1. The summed E-state index contributed by atoms with van der Waals surface area (Å²) in [6, 6.07) is 9.17. The summed E-state index contributed by atoms with van der Waals surface area (Å²) in [5.41, 5.74) is 3.09. The van der Waals surface area contributed by atoms with Crippen molar-refractivity contribution in [1.29, 1.82) is 0 Å². The number of nitrogens with zero attached hydrogens (tertiary/aromatic N) is 1. The third-order valence-electron chi connectivity index (χ3n) is 6.06. The van der Waals surface area contributed by atoms with Crippen LogP contribution in [0.25, 0.3) is 0 Å². The predicted molar refractivity (Wildman–Crippen MR) is 158 cm³/mol. The fraction of sp³-hybridized carbons (Fsp3) is 0.452. The van der Waals surface area contributed by atoms with Crippen molar-refractivity contribution in [2.75, 3.05) is 11.9 Å². The molecule has 8 heteroatoms. The minimum absolute atomic E-state index is 0.0797. The zero-order valence-electron chi connectivity index (χ0n) is 24.4. The van der Waals surface area contributed by atoms with Crippen molar-refractivity contribution >= 4 is 35.2 Å². The number of hydrogen-bond donors (Lipinski definition) is 2. The highest BCUT2D eigenvalue weighted by atomic mass is 35.5. The average molecular weight is 556 g/mol. The smallest absolute Gasteiger partial charge is 0.408 e. The van der Waals surface area contributed by atoms with E-state index in [0.717, 1.165) is 16.7 Å². The van der Waals surface area contributed by atoms with Crippen molar-refractivity contribution in [2.45, 2.75) is 79.5 Å². The molecule has 0 saturated carbocycles. The van der Waals surface area contributed by atoms with E-state index in [0.29, 0.717) is 22.7 Å². The molecule has 7 nitrogen and oxygen atoms in total. The Hall–Kier alpha value is -3.32. The molecule has 0 aliphatic heterocycles. The van der Waals surface area contributed by atoms with Gasteiger partial charge in [-0.3, -0.25) is 9.59 Å². The molecule has 0 spiro atoms. The number of aryl methyl sites for hydroxylation is 3. The molecular formula is C31H42ClN3O4. The lowest BCUT2D eigenvalue weighted by Gasteiger charge is -2.35. The van der Waals surface area contributed by atoms with Gasteiger partial charge in [0.05, 0.1) is 10.7 Å². The molecule has 2 unspecified atom stereocenters. The quantitative estimate of drug-likeness (QED) is 0.312. The normalized spacial score (nSPS) is 12.9. The van der Waals surface area contributed by atoms with Crippen LogP contribution in [-0.4, -0.2) is 41.0 Å². The number of ether oxygens (including phenoxy) is 1. The van der Waals surface area contributed by atoms with Crippen LogP contribution in [0.5, 0.6) is 0 Å². The first-order valence-corrected chi connectivity index (χ1v) is 13.6. The van der Waals surface area contributed by atoms with E-state index in [4.69, 9.17) is 16.3 Å². The van der Waals surface area contributed by atoms with Gasteiger partial charge in [-0.05, 0) is 76.6 Å². The maximum Gasteiger partial charge on any atom is 0.408 e. The number of anilines is 1. The Morgan fingerprint density at radius 3 is 2.28 bits per heavy atom. The van der Waals surface area contributed by atoms with Gasteiger partial charge < -0.3 is 20.3 Å². The van der Waals surface area contributed by atoms with E-state index in [-0.39, 0.29) is 12.5 Å². The molecule has 0 radical (unpaired) electrons. The van der Waals surface area contributed by atoms with E-state index in [9.17, 15) is 14.4 Å². The second-order valence-corrected chi connectivity index (χ2v) is 11.7. The first-order valence-electron chi connectivity index (χ1n) is 13.2. The summed E-state index contributed by atoms with van der Waals surface area (Å²) in [6.07, 6.45) is 1.23. The summed E-state index contributed by atoms with van der Waals surface area (Å²) in [4.78, 5) is 42.3. The Balaban J connectivity index is 2.60. The van der Waals surface area contributed by atoms with Gasteiger partial charge in [-0.2, -0.15) is 0 Å². The van der Waals surface area contributed by atoms with E-state index in [1.165, 1.54) is 4.90 Å². The van der Waals surface area contributed by atoms with Crippen LogP contribution in [-0.2, 0) is 14.3 Å². The fourth-order valence-corrected chi connectivity index (χ4v) is 4.64. The van der Waals surface area contributed by atoms with Gasteiger partial charge in [0.15, 0.2) is 0 Å². The molecule has 3 amide bonds. The molecule has 0 aliphatic rings. The summed E-state index contributed by atoms with van der Waals surface area (Å²) in [5, 5.41) is 6.09. The standard InChI is InChI=1S/C31H42ClN3O4/c1-10-16-35(29(37)25(17-19(2)3)33-30(38)39-31(7,8)9)27(23-15-14-20(4)18-22(23)6)28(36)34-26-21(5)12-11-13-24(26)32/h10-15,18-19,25,27H,1,16-17H2,2-9H3,(H,33,38)(H,34,36). The Morgan fingerprint density at radius 2 is 1.74 bits per heavy atom. The number of carbonyl (C=O) groups is 3. The predicted octanol–water partition coefficient (Wildman–Crippen LogP) is 6.90. The summed E-state index contributed by atoms with van der Waals surface area (Å²) in [7, 11) is 0. The number of halogens is 1. The van der Waals surface area contributed by atoms with E-state index in [1.807, 2.05) is 58.9 Å². The molecule has 0 bridgehead atoms. The molecule has 2 atom stereocenters. The Kier molecular flexibility index (Phi) is 11.2. The Morgan fingerprint density at radius 1 is 1.08 bits per heavy atom. The number of rotatable bonds is 10. The minimum Gasteiger partial charge on any atom is -0.444 e. The zero-order chi connectivity index (χ0) is 29.5. The molecule has 39 heavy (non-hydrogen) atoms. The minimum atomic E-state index is -1.01. The largest absolute Gasteiger partial charge is 0.444 e. The molecule has 2 N–H and O–H groups in total. The van der Waals surface area contributed by atoms with Gasteiger partial charge in [-0.25, -0.2) is 4.79 Å². The molecule has 0 fully saturated rings. The van der Waals surface area contributed by atoms with Gasteiger partial charge in [0.25, 0.3) is 5.91 Å². The van der Waals surface area contributed by atoms with Gasteiger partial charge in [0.1, 0.15) is 17.7 Å². The van der Waals surface area contributed by atoms with Gasteiger partial charge >= 0.3 is 6.09 Å². The summed E-state index contributed by atoms with van der Waals surface area (Å²) >= 11 is 6.42. The summed E-state index contributed by atoms with van der Waals surface area (Å²) in [5.74, 6) is -0.752. The van der Waals surface area contributed by atoms with Crippen LogP contribution in [0.2, 0.25) is 5.02 Å². The van der Waals surface area contributed by atoms with Crippen LogP contribution < -0.4 is 10.6 Å². The third-order valence-corrected chi connectivity index (χ3v) is 6.37. The molecule has 212 valence electrons. The average Bonchev–Trinajstić information content (AvgIpc) is 2.80. The number of para-hydroxylation sites is 1. The van der Waals surface area contributed by atoms with Crippen molar-refractivity contribution in [3.05, 3.63) is 76.3 Å². The van der Waals surface area contributed by atoms with Crippen LogP contribution in [0.1, 0.15) is 69.3 Å². The highest BCUT2D eigenvalue weighted by molar-refractivity contribution is 6.34.